The molecule has 0 fully saturated rings. The summed E-state index contributed by atoms with van der Waals surface area (Å²) >= 11 is 5.99. The lowest BCUT2D eigenvalue weighted by molar-refractivity contribution is -0.129. The Morgan fingerprint density at radius 2 is 1.74 bits per heavy atom. The second-order valence-electron chi connectivity index (χ2n) is 7.01. The molecule has 31 heavy (non-hydrogen) atoms. The molecule has 1 aliphatic heterocycles. The normalized spacial score (nSPS) is 15.9. The molecule has 3 aromatic carbocycles. The Kier molecular flexibility index (Phi) is 6.09. The lowest BCUT2D eigenvalue weighted by Crippen LogP contribution is -2.44. The number of oxime groups is 1. The van der Waals surface area contributed by atoms with Crippen molar-refractivity contribution in [1.29, 1.82) is 0 Å². The fraction of sp³-hybridized carbons (Fsp3) is 0.125. The number of amides is 2. The molecule has 0 radical (unpaired) electrons. The summed E-state index contributed by atoms with van der Waals surface area (Å²) in [5, 5.41) is 4.11. The molecule has 1 aliphatic rings. The van der Waals surface area contributed by atoms with Gasteiger partial charge in [-0.05, 0) is 29.3 Å². The summed E-state index contributed by atoms with van der Waals surface area (Å²) in [5.41, 5.74) is 2.01. The number of fused-ring (bicyclic) bond motifs is 1. The first kappa shape index (κ1) is 20.8. The number of rotatable bonds is 6. The van der Waals surface area contributed by atoms with Crippen LogP contribution in [0.15, 0.2) is 78.0 Å². The van der Waals surface area contributed by atoms with Gasteiger partial charge in [-0.3, -0.25) is 14.5 Å². The highest BCUT2D eigenvalue weighted by molar-refractivity contribution is 6.31. The van der Waals surface area contributed by atoms with Crippen LogP contribution in [0.25, 0.3) is 0 Å². The maximum absolute atomic E-state index is 13.9. The van der Waals surface area contributed by atoms with Crippen LogP contribution in [0.1, 0.15) is 33.0 Å². The van der Waals surface area contributed by atoms with Gasteiger partial charge in [0.15, 0.2) is 0 Å². The molecule has 2 amide bonds. The van der Waals surface area contributed by atoms with E-state index in [0.717, 1.165) is 5.56 Å². The van der Waals surface area contributed by atoms with E-state index in [-0.39, 0.29) is 29.6 Å². The van der Waals surface area contributed by atoms with Crippen molar-refractivity contribution in [1.82, 2.24) is 4.90 Å². The number of carbonyl (C=O) groups excluding carboxylic acids is 2. The highest BCUT2D eigenvalue weighted by Gasteiger charge is 2.37. The Morgan fingerprint density at radius 3 is 2.52 bits per heavy atom. The van der Waals surface area contributed by atoms with E-state index in [9.17, 15) is 14.0 Å². The predicted molar refractivity (Wildman–Crippen MR) is 115 cm³/mol. The molecule has 0 saturated carbocycles. The van der Waals surface area contributed by atoms with Gasteiger partial charge in [-0.2, -0.15) is 0 Å². The number of benzene rings is 3. The summed E-state index contributed by atoms with van der Waals surface area (Å²) in [4.78, 5) is 32.5. The van der Waals surface area contributed by atoms with Gasteiger partial charge in [0.1, 0.15) is 18.3 Å². The van der Waals surface area contributed by atoms with E-state index in [0.29, 0.717) is 11.1 Å². The van der Waals surface area contributed by atoms with Crippen LogP contribution in [-0.4, -0.2) is 22.9 Å². The molecule has 0 saturated heterocycles. The SMILES string of the molecule is O=C1c2ccccc2C(C=NOCc2c(F)cccc2Cl)C(=O)N1Cc1ccccc1. The summed E-state index contributed by atoms with van der Waals surface area (Å²) in [5.74, 6) is -2.05. The number of imide groups is 1. The van der Waals surface area contributed by atoms with Crippen molar-refractivity contribution in [3.8, 4) is 0 Å². The quantitative estimate of drug-likeness (QED) is 0.312. The fourth-order valence-corrected chi connectivity index (χ4v) is 3.66. The molecule has 0 aromatic heterocycles. The minimum absolute atomic E-state index is 0.156. The van der Waals surface area contributed by atoms with E-state index >= 15 is 0 Å². The zero-order chi connectivity index (χ0) is 21.8. The van der Waals surface area contributed by atoms with Crippen LogP contribution in [0.2, 0.25) is 5.02 Å². The summed E-state index contributed by atoms with van der Waals surface area (Å²) in [6.07, 6.45) is 1.33. The van der Waals surface area contributed by atoms with Crippen molar-refractivity contribution < 1.29 is 18.8 Å². The Bertz CT molecular complexity index is 1130. The van der Waals surface area contributed by atoms with Crippen LogP contribution in [0.5, 0.6) is 0 Å². The maximum Gasteiger partial charge on any atom is 0.261 e. The molecule has 0 bridgehead atoms. The minimum atomic E-state index is -0.797. The maximum atomic E-state index is 13.9. The second-order valence-corrected chi connectivity index (χ2v) is 7.42. The standard InChI is InChI=1S/C24H18ClFN2O3/c25-21-11-6-12-22(26)20(21)15-31-27-13-19-17-9-4-5-10-18(17)23(29)28(24(19)30)14-16-7-2-1-3-8-16/h1-13,19H,14-15H2. The van der Waals surface area contributed by atoms with Gasteiger partial charge in [0.05, 0.1) is 17.8 Å². The van der Waals surface area contributed by atoms with Gasteiger partial charge in [-0.1, -0.05) is 71.4 Å². The molecule has 3 aromatic rings. The minimum Gasteiger partial charge on any atom is -0.391 e. The Morgan fingerprint density at radius 1 is 1.00 bits per heavy atom. The summed E-state index contributed by atoms with van der Waals surface area (Å²) < 4.78 is 13.9. The van der Waals surface area contributed by atoms with Gasteiger partial charge in [0.2, 0.25) is 5.91 Å². The van der Waals surface area contributed by atoms with Gasteiger partial charge in [0, 0.05) is 11.1 Å². The summed E-state index contributed by atoms with van der Waals surface area (Å²) in [6, 6.07) is 20.5. The average Bonchev–Trinajstić information content (AvgIpc) is 2.78. The average molecular weight is 437 g/mol. The molecule has 156 valence electrons. The Labute approximate surface area is 183 Å². The van der Waals surface area contributed by atoms with Crippen molar-refractivity contribution in [3.63, 3.8) is 0 Å². The first-order valence-corrected chi connectivity index (χ1v) is 10.0. The predicted octanol–water partition coefficient (Wildman–Crippen LogP) is 4.95. The molecule has 0 spiro atoms. The largest absolute Gasteiger partial charge is 0.391 e. The van der Waals surface area contributed by atoms with Crippen LogP contribution >= 0.6 is 11.6 Å². The Balaban J connectivity index is 1.57. The van der Waals surface area contributed by atoms with Gasteiger partial charge >= 0.3 is 0 Å². The topological polar surface area (TPSA) is 59.0 Å². The highest BCUT2D eigenvalue weighted by Crippen LogP contribution is 2.29. The molecule has 0 N–H and O–H groups in total. The number of nitrogens with zero attached hydrogens (tertiary/aromatic N) is 2. The second kappa shape index (κ2) is 9.10. The first-order valence-electron chi connectivity index (χ1n) is 9.63. The lowest BCUT2D eigenvalue weighted by atomic mass is 9.89. The van der Waals surface area contributed by atoms with Crippen LogP contribution in [-0.2, 0) is 22.8 Å². The van der Waals surface area contributed by atoms with Crippen LogP contribution in [0.4, 0.5) is 4.39 Å². The van der Waals surface area contributed by atoms with Gasteiger partial charge in [0.25, 0.3) is 5.91 Å². The molecule has 7 heteroatoms. The lowest BCUT2D eigenvalue weighted by Gasteiger charge is -2.30. The third-order valence-corrected chi connectivity index (χ3v) is 5.40. The molecule has 1 atom stereocenters. The van der Waals surface area contributed by atoms with Crippen LogP contribution in [0.3, 0.4) is 0 Å². The zero-order valence-corrected chi connectivity index (χ0v) is 17.1. The van der Waals surface area contributed by atoms with Crippen molar-refractivity contribution >= 4 is 29.6 Å². The van der Waals surface area contributed by atoms with E-state index in [1.54, 1.807) is 30.3 Å². The van der Waals surface area contributed by atoms with Crippen LogP contribution in [0, 0.1) is 5.82 Å². The van der Waals surface area contributed by atoms with E-state index < -0.39 is 17.6 Å². The van der Waals surface area contributed by atoms with Crippen molar-refractivity contribution in [3.05, 3.63) is 106 Å². The summed E-state index contributed by atoms with van der Waals surface area (Å²) in [7, 11) is 0. The molecule has 1 unspecified atom stereocenters. The summed E-state index contributed by atoms with van der Waals surface area (Å²) in [6.45, 7) is -0.0277. The fourth-order valence-electron chi connectivity index (χ4n) is 3.45. The van der Waals surface area contributed by atoms with E-state index in [1.165, 1.54) is 23.2 Å². The number of halogens is 2. The van der Waals surface area contributed by atoms with Crippen molar-refractivity contribution in [2.75, 3.05) is 0 Å². The third kappa shape index (κ3) is 4.34. The molecule has 5 nitrogen and oxygen atoms in total. The van der Waals surface area contributed by atoms with Crippen molar-refractivity contribution in [2.24, 2.45) is 5.16 Å². The van der Waals surface area contributed by atoms with E-state index in [2.05, 4.69) is 5.16 Å². The zero-order valence-electron chi connectivity index (χ0n) is 16.4. The molecule has 4 rings (SSSR count). The molecule has 1 heterocycles. The van der Waals surface area contributed by atoms with Gasteiger partial charge < -0.3 is 4.84 Å². The molecular formula is C24H18ClFN2O3. The smallest absolute Gasteiger partial charge is 0.261 e. The number of hydrogen-bond acceptors (Lipinski definition) is 4. The van der Waals surface area contributed by atoms with E-state index in [1.807, 2.05) is 30.3 Å². The van der Waals surface area contributed by atoms with Crippen LogP contribution < -0.4 is 0 Å². The monoisotopic (exact) mass is 436 g/mol. The van der Waals surface area contributed by atoms with E-state index in [4.69, 9.17) is 16.4 Å². The molecule has 0 aliphatic carbocycles. The number of carbonyl (C=O) groups is 2. The first-order chi connectivity index (χ1) is 15.1. The van der Waals surface area contributed by atoms with Crippen molar-refractivity contribution in [2.45, 2.75) is 19.1 Å². The third-order valence-electron chi connectivity index (χ3n) is 5.04. The molecular weight excluding hydrogens is 419 g/mol. The Hall–Kier alpha value is -3.51. The van der Waals surface area contributed by atoms with Gasteiger partial charge in [-0.15, -0.1) is 0 Å². The van der Waals surface area contributed by atoms with Gasteiger partial charge in [-0.25, -0.2) is 4.39 Å². The highest BCUT2D eigenvalue weighted by atomic mass is 35.5. The number of hydrogen-bond donors (Lipinski definition) is 0.